The van der Waals surface area contributed by atoms with Gasteiger partial charge in [0.15, 0.2) is 6.54 Å². The molecule has 0 atom stereocenters. The lowest BCUT2D eigenvalue weighted by Gasteiger charge is -2.22. The molecular weight excluding hydrogens is 362 g/mol. The number of quaternary nitrogens is 1. The molecule has 1 aromatic rings. The van der Waals surface area contributed by atoms with E-state index in [9.17, 15) is 13.2 Å². The van der Waals surface area contributed by atoms with E-state index in [1.807, 2.05) is 13.8 Å². The Kier molecular flexibility index (Phi) is 8.26. The van der Waals surface area contributed by atoms with E-state index >= 15 is 0 Å². The number of amides is 1. The summed E-state index contributed by atoms with van der Waals surface area (Å²) in [5.41, 5.74) is 1.23. The normalized spacial score (nSPS) is 16.7. The fourth-order valence-corrected chi connectivity index (χ4v) is 5.38. The lowest BCUT2D eigenvalue weighted by Crippen LogP contribution is -3.13. The number of benzene rings is 1. The molecular formula is C20H34N3O3S+. The monoisotopic (exact) mass is 396 g/mol. The van der Waals surface area contributed by atoms with Crippen LogP contribution in [0.4, 0.5) is 5.69 Å². The first-order valence-electron chi connectivity index (χ1n) is 10.1. The topological polar surface area (TPSA) is 70.9 Å². The molecule has 1 aliphatic heterocycles. The van der Waals surface area contributed by atoms with Gasteiger partial charge in [0, 0.05) is 18.8 Å². The first-order valence-corrected chi connectivity index (χ1v) is 11.6. The summed E-state index contributed by atoms with van der Waals surface area (Å²) in [7, 11) is -3.55. The van der Waals surface area contributed by atoms with Crippen molar-refractivity contribution in [1.29, 1.82) is 0 Å². The van der Waals surface area contributed by atoms with Crippen molar-refractivity contribution in [2.75, 3.05) is 38.0 Å². The summed E-state index contributed by atoms with van der Waals surface area (Å²) in [4.78, 5) is 14.1. The lowest BCUT2D eigenvalue weighted by atomic mass is 10.1. The zero-order chi connectivity index (χ0) is 19.9. The Bertz CT molecular complexity index is 722. The molecule has 7 heteroatoms. The van der Waals surface area contributed by atoms with Gasteiger partial charge < -0.3 is 10.2 Å². The lowest BCUT2D eigenvalue weighted by molar-refractivity contribution is -0.892. The Hall–Kier alpha value is -1.44. The largest absolute Gasteiger partial charge is 0.327 e. The van der Waals surface area contributed by atoms with E-state index in [1.54, 1.807) is 25.1 Å². The van der Waals surface area contributed by atoms with E-state index in [-0.39, 0.29) is 10.8 Å². The van der Waals surface area contributed by atoms with E-state index in [2.05, 4.69) is 5.32 Å². The molecule has 6 nitrogen and oxygen atoms in total. The summed E-state index contributed by atoms with van der Waals surface area (Å²) in [6.45, 7) is 8.78. The summed E-state index contributed by atoms with van der Waals surface area (Å²) in [6.07, 6.45) is 6.12. The molecule has 0 saturated carbocycles. The van der Waals surface area contributed by atoms with E-state index in [0.717, 1.165) is 13.1 Å². The minimum Gasteiger partial charge on any atom is -0.327 e. The van der Waals surface area contributed by atoms with Crippen molar-refractivity contribution in [2.45, 2.75) is 57.8 Å². The van der Waals surface area contributed by atoms with Crippen molar-refractivity contribution in [3.8, 4) is 0 Å². The Morgan fingerprint density at radius 2 is 1.67 bits per heavy atom. The summed E-state index contributed by atoms with van der Waals surface area (Å²) < 4.78 is 27.1. The van der Waals surface area contributed by atoms with Gasteiger partial charge in [0.2, 0.25) is 10.0 Å². The van der Waals surface area contributed by atoms with Gasteiger partial charge in [-0.2, -0.15) is 4.31 Å². The molecule has 0 unspecified atom stereocenters. The number of carbonyl (C=O) groups is 1. The molecule has 1 aromatic carbocycles. The predicted molar refractivity (Wildman–Crippen MR) is 109 cm³/mol. The number of nitrogens with zero attached hydrogens (tertiary/aromatic N) is 1. The maximum absolute atomic E-state index is 12.9. The van der Waals surface area contributed by atoms with Crippen LogP contribution in [0.2, 0.25) is 0 Å². The highest BCUT2D eigenvalue weighted by Crippen LogP contribution is 2.23. The standard InChI is InChI=1S/C20H33N3O3S/c1-4-23(5-2)27(25,26)19-15-18(12-11-17(19)3)21-20(24)16-22-13-9-7-6-8-10-14-22/h11-12,15H,4-10,13-14,16H2,1-3H3,(H,21,24)/p+1. The van der Waals surface area contributed by atoms with Crippen LogP contribution in [0.15, 0.2) is 23.1 Å². The molecule has 0 radical (unpaired) electrons. The van der Waals surface area contributed by atoms with Gasteiger partial charge in [-0.1, -0.05) is 26.3 Å². The number of hydrogen-bond acceptors (Lipinski definition) is 3. The quantitative estimate of drug-likeness (QED) is 0.738. The number of aryl methyl sites for hydroxylation is 1. The summed E-state index contributed by atoms with van der Waals surface area (Å²) in [5, 5.41) is 2.90. The van der Waals surface area contributed by atoms with Gasteiger partial charge in [0.25, 0.3) is 5.91 Å². The molecule has 1 heterocycles. The van der Waals surface area contributed by atoms with E-state index in [1.165, 1.54) is 41.3 Å². The highest BCUT2D eigenvalue weighted by atomic mass is 32.2. The molecule has 2 rings (SSSR count). The van der Waals surface area contributed by atoms with Crippen molar-refractivity contribution in [2.24, 2.45) is 0 Å². The van der Waals surface area contributed by atoms with E-state index in [0.29, 0.717) is 30.9 Å². The van der Waals surface area contributed by atoms with E-state index < -0.39 is 10.0 Å². The third-order valence-electron chi connectivity index (χ3n) is 5.27. The van der Waals surface area contributed by atoms with Crippen LogP contribution in [-0.4, -0.2) is 51.4 Å². The summed E-state index contributed by atoms with van der Waals surface area (Å²) in [6, 6.07) is 5.12. The first-order chi connectivity index (χ1) is 12.9. The van der Waals surface area contributed by atoms with Gasteiger partial charge in [-0.25, -0.2) is 8.42 Å². The van der Waals surface area contributed by atoms with Crippen LogP contribution in [0.1, 0.15) is 51.5 Å². The second-order valence-electron chi connectivity index (χ2n) is 7.31. The SMILES string of the molecule is CCN(CC)S(=O)(=O)c1cc(NC(=O)C[NH+]2CCCCCCC2)ccc1C. The number of likely N-dealkylation sites (tertiary alicyclic amines) is 1. The average Bonchev–Trinajstić information content (AvgIpc) is 2.59. The van der Waals surface area contributed by atoms with Crippen LogP contribution in [0.25, 0.3) is 0 Å². The van der Waals surface area contributed by atoms with Crippen molar-refractivity contribution in [1.82, 2.24) is 4.31 Å². The van der Waals surface area contributed by atoms with Gasteiger partial charge in [0.1, 0.15) is 0 Å². The third-order valence-corrected chi connectivity index (χ3v) is 7.46. The molecule has 1 amide bonds. The maximum atomic E-state index is 12.9. The zero-order valence-electron chi connectivity index (χ0n) is 16.9. The van der Waals surface area contributed by atoms with Crippen LogP contribution in [0.3, 0.4) is 0 Å². The van der Waals surface area contributed by atoms with Gasteiger partial charge in [-0.15, -0.1) is 0 Å². The van der Waals surface area contributed by atoms with Crippen molar-refractivity contribution in [3.63, 3.8) is 0 Å². The molecule has 27 heavy (non-hydrogen) atoms. The molecule has 152 valence electrons. The fourth-order valence-electron chi connectivity index (χ4n) is 3.67. The highest BCUT2D eigenvalue weighted by molar-refractivity contribution is 7.89. The number of rotatable bonds is 7. The second-order valence-corrected chi connectivity index (χ2v) is 9.22. The van der Waals surface area contributed by atoms with E-state index in [4.69, 9.17) is 0 Å². The molecule has 0 aromatic heterocycles. The molecule has 1 saturated heterocycles. The first kappa shape index (κ1) is 21.9. The zero-order valence-corrected chi connectivity index (χ0v) is 17.7. The number of carbonyl (C=O) groups excluding carboxylic acids is 1. The van der Waals surface area contributed by atoms with Crippen LogP contribution < -0.4 is 10.2 Å². The minimum atomic E-state index is -3.55. The number of nitrogens with one attached hydrogen (secondary N) is 2. The molecule has 0 aliphatic carbocycles. The van der Waals surface area contributed by atoms with Crippen molar-refractivity contribution < 1.29 is 18.1 Å². The number of anilines is 1. The number of hydrogen-bond donors (Lipinski definition) is 2. The van der Waals surface area contributed by atoms with Gasteiger partial charge in [-0.3, -0.25) is 4.79 Å². The van der Waals surface area contributed by atoms with Gasteiger partial charge >= 0.3 is 0 Å². The van der Waals surface area contributed by atoms with Gasteiger partial charge in [-0.05, 0) is 50.3 Å². The summed E-state index contributed by atoms with van der Waals surface area (Å²) >= 11 is 0. The molecule has 0 bridgehead atoms. The second kappa shape index (κ2) is 10.2. The Morgan fingerprint density at radius 3 is 2.26 bits per heavy atom. The van der Waals surface area contributed by atoms with Gasteiger partial charge in [0.05, 0.1) is 18.0 Å². The maximum Gasteiger partial charge on any atom is 0.279 e. The van der Waals surface area contributed by atoms with Crippen LogP contribution in [0.5, 0.6) is 0 Å². The molecule has 1 aliphatic rings. The van der Waals surface area contributed by atoms with Crippen molar-refractivity contribution >= 4 is 21.6 Å². The molecule has 0 spiro atoms. The van der Waals surface area contributed by atoms with Crippen LogP contribution in [0, 0.1) is 6.92 Å². The number of sulfonamides is 1. The highest BCUT2D eigenvalue weighted by Gasteiger charge is 2.24. The molecule has 1 fully saturated rings. The minimum absolute atomic E-state index is 0.0550. The predicted octanol–water partition coefficient (Wildman–Crippen LogP) is 1.81. The van der Waals surface area contributed by atoms with Crippen LogP contribution in [-0.2, 0) is 14.8 Å². The smallest absolute Gasteiger partial charge is 0.279 e. The average molecular weight is 397 g/mol. The Morgan fingerprint density at radius 1 is 1.07 bits per heavy atom. The Labute approximate surface area is 164 Å². The summed E-state index contributed by atoms with van der Waals surface area (Å²) in [5.74, 6) is -0.0550. The van der Waals surface area contributed by atoms with Crippen LogP contribution >= 0.6 is 0 Å². The molecule has 2 N–H and O–H groups in total. The van der Waals surface area contributed by atoms with Crippen molar-refractivity contribution in [3.05, 3.63) is 23.8 Å². The fraction of sp³-hybridized carbons (Fsp3) is 0.650. The Balaban J connectivity index is 2.09. The third kappa shape index (κ3) is 6.02.